The van der Waals surface area contributed by atoms with Gasteiger partial charge in [-0.1, -0.05) is 0 Å². The van der Waals surface area contributed by atoms with Crippen molar-refractivity contribution in [3.05, 3.63) is 12.2 Å². The second kappa shape index (κ2) is 4.64. The lowest BCUT2D eigenvalue weighted by Crippen LogP contribution is -2.12. The number of carboxylic acids is 1. The van der Waals surface area contributed by atoms with Crippen LogP contribution in [-0.4, -0.2) is 32.3 Å². The second-order valence-electron chi connectivity index (χ2n) is 2.65. The number of alkyl halides is 2. The molecule has 14 heavy (non-hydrogen) atoms. The Kier molecular flexibility index (Phi) is 3.49. The lowest BCUT2D eigenvalue weighted by Gasteiger charge is -2.03. The van der Waals surface area contributed by atoms with Crippen LogP contribution in [0, 0.1) is 0 Å². The van der Waals surface area contributed by atoms with Crippen LogP contribution in [0.2, 0.25) is 0 Å². The van der Waals surface area contributed by atoms with Crippen LogP contribution in [0.5, 0.6) is 0 Å². The molecule has 7 heteroatoms. The Morgan fingerprint density at radius 1 is 1.64 bits per heavy atom. The molecule has 0 radical (unpaired) electrons. The van der Waals surface area contributed by atoms with E-state index in [9.17, 15) is 13.6 Å². The third-order valence-corrected chi connectivity index (χ3v) is 1.56. The van der Waals surface area contributed by atoms with Crippen LogP contribution < -0.4 is 0 Å². The van der Waals surface area contributed by atoms with Crippen LogP contribution >= 0.6 is 0 Å². The predicted octanol–water partition coefficient (Wildman–Crippen LogP) is 0.560. The SMILES string of the molecule is O=C(O)Cc1ncnn1CCC(F)F. The molecule has 1 N–H and O–H groups in total. The van der Waals surface area contributed by atoms with Gasteiger partial charge in [-0.25, -0.2) is 18.4 Å². The maximum atomic E-state index is 11.8. The molecule has 0 spiro atoms. The van der Waals surface area contributed by atoms with E-state index in [0.717, 1.165) is 6.33 Å². The highest BCUT2D eigenvalue weighted by molar-refractivity contribution is 5.68. The Balaban J connectivity index is 2.58. The van der Waals surface area contributed by atoms with Crippen molar-refractivity contribution in [2.45, 2.75) is 25.8 Å². The smallest absolute Gasteiger partial charge is 0.311 e. The molecule has 5 nitrogen and oxygen atoms in total. The fourth-order valence-corrected chi connectivity index (χ4v) is 0.967. The van der Waals surface area contributed by atoms with Gasteiger partial charge in [0, 0.05) is 13.0 Å². The van der Waals surface area contributed by atoms with Crippen LogP contribution in [0.3, 0.4) is 0 Å². The van der Waals surface area contributed by atoms with Gasteiger partial charge in [-0.3, -0.25) is 4.79 Å². The van der Waals surface area contributed by atoms with E-state index >= 15 is 0 Å². The molecule has 0 fully saturated rings. The van der Waals surface area contributed by atoms with Gasteiger partial charge in [0.05, 0.1) is 0 Å². The third kappa shape index (κ3) is 3.08. The molecule has 0 aliphatic carbocycles. The van der Waals surface area contributed by atoms with E-state index in [1.54, 1.807) is 0 Å². The second-order valence-corrected chi connectivity index (χ2v) is 2.65. The molecule has 1 aromatic heterocycles. The first-order chi connectivity index (χ1) is 6.59. The Morgan fingerprint density at radius 2 is 2.36 bits per heavy atom. The van der Waals surface area contributed by atoms with Crippen molar-refractivity contribution in [3.63, 3.8) is 0 Å². The van der Waals surface area contributed by atoms with E-state index in [1.165, 1.54) is 4.68 Å². The lowest BCUT2D eigenvalue weighted by molar-refractivity contribution is -0.136. The van der Waals surface area contributed by atoms with Gasteiger partial charge in [0.1, 0.15) is 18.6 Å². The maximum Gasteiger partial charge on any atom is 0.311 e. The van der Waals surface area contributed by atoms with E-state index in [4.69, 9.17) is 5.11 Å². The predicted molar refractivity (Wildman–Crippen MR) is 42.0 cm³/mol. The molecule has 1 heterocycles. The van der Waals surface area contributed by atoms with Gasteiger partial charge in [0.2, 0.25) is 6.43 Å². The molecule has 0 saturated heterocycles. The van der Waals surface area contributed by atoms with Crippen molar-refractivity contribution in [1.29, 1.82) is 0 Å². The average Bonchev–Trinajstić information content (AvgIpc) is 2.47. The van der Waals surface area contributed by atoms with Crippen LogP contribution in [-0.2, 0) is 17.8 Å². The number of carbonyl (C=O) groups is 1. The molecule has 0 bridgehead atoms. The summed E-state index contributed by atoms with van der Waals surface area (Å²) in [7, 11) is 0. The molecule has 0 atom stereocenters. The minimum Gasteiger partial charge on any atom is -0.481 e. The van der Waals surface area contributed by atoms with Crippen molar-refractivity contribution in [3.8, 4) is 0 Å². The van der Waals surface area contributed by atoms with Crippen molar-refractivity contribution < 1.29 is 18.7 Å². The standard InChI is InChI=1S/C7H9F2N3O2/c8-5(9)1-2-12-6(3-7(13)14)10-4-11-12/h4-5H,1-3H2,(H,13,14). The van der Waals surface area contributed by atoms with Crippen LogP contribution in [0.4, 0.5) is 8.78 Å². The Labute approximate surface area is 78.4 Å². The normalized spacial score (nSPS) is 10.8. The highest BCUT2D eigenvalue weighted by atomic mass is 19.3. The molecule has 0 unspecified atom stereocenters. The summed E-state index contributed by atoms with van der Waals surface area (Å²) >= 11 is 0. The Morgan fingerprint density at radius 3 is 2.93 bits per heavy atom. The minimum atomic E-state index is -2.42. The summed E-state index contributed by atoms with van der Waals surface area (Å²) in [5.41, 5.74) is 0. The quantitative estimate of drug-likeness (QED) is 0.762. The van der Waals surface area contributed by atoms with Crippen LogP contribution in [0.15, 0.2) is 6.33 Å². The van der Waals surface area contributed by atoms with Gasteiger partial charge in [-0.2, -0.15) is 5.10 Å². The van der Waals surface area contributed by atoms with Gasteiger partial charge in [-0.05, 0) is 0 Å². The monoisotopic (exact) mass is 205 g/mol. The number of hydrogen-bond acceptors (Lipinski definition) is 3. The number of nitrogens with zero attached hydrogens (tertiary/aromatic N) is 3. The van der Waals surface area contributed by atoms with Gasteiger partial charge in [0.15, 0.2) is 0 Å². The first-order valence-electron chi connectivity index (χ1n) is 3.96. The van der Waals surface area contributed by atoms with Gasteiger partial charge >= 0.3 is 5.97 Å². The number of aromatic nitrogens is 3. The summed E-state index contributed by atoms with van der Waals surface area (Å²) in [5.74, 6) is -0.866. The average molecular weight is 205 g/mol. The van der Waals surface area contributed by atoms with E-state index in [1.807, 2.05) is 0 Å². The fourth-order valence-electron chi connectivity index (χ4n) is 0.967. The van der Waals surface area contributed by atoms with Crippen molar-refractivity contribution >= 4 is 5.97 Å². The molecule has 78 valence electrons. The molecule has 0 saturated carbocycles. The number of rotatable bonds is 5. The molecular formula is C7H9F2N3O2. The molecular weight excluding hydrogens is 196 g/mol. The number of aliphatic carboxylic acids is 1. The Hall–Kier alpha value is -1.53. The lowest BCUT2D eigenvalue weighted by atomic mass is 10.4. The van der Waals surface area contributed by atoms with Gasteiger partial charge in [0.25, 0.3) is 0 Å². The van der Waals surface area contributed by atoms with Crippen LogP contribution in [0.25, 0.3) is 0 Å². The van der Waals surface area contributed by atoms with Crippen molar-refractivity contribution in [2.24, 2.45) is 0 Å². The summed E-state index contributed by atoms with van der Waals surface area (Å²) in [5, 5.41) is 12.1. The summed E-state index contributed by atoms with van der Waals surface area (Å²) in [6, 6.07) is 0. The number of aryl methyl sites for hydroxylation is 1. The van der Waals surface area contributed by atoms with Crippen molar-refractivity contribution in [1.82, 2.24) is 14.8 Å². The largest absolute Gasteiger partial charge is 0.481 e. The number of halogens is 2. The van der Waals surface area contributed by atoms with Crippen LogP contribution in [0.1, 0.15) is 12.2 Å². The van der Waals surface area contributed by atoms with E-state index in [2.05, 4.69) is 10.1 Å². The highest BCUT2D eigenvalue weighted by Gasteiger charge is 2.10. The number of carboxylic acid groups (broad SMARTS) is 1. The first kappa shape index (κ1) is 10.6. The first-order valence-corrected chi connectivity index (χ1v) is 3.96. The summed E-state index contributed by atoms with van der Waals surface area (Å²) in [6.07, 6.45) is -1.92. The zero-order valence-corrected chi connectivity index (χ0v) is 7.23. The number of hydrogen-bond donors (Lipinski definition) is 1. The highest BCUT2D eigenvalue weighted by Crippen LogP contribution is 2.03. The molecule has 1 aromatic rings. The molecule has 0 aliphatic heterocycles. The van der Waals surface area contributed by atoms with Gasteiger partial charge < -0.3 is 5.11 Å². The molecule has 1 rings (SSSR count). The molecule has 0 aromatic carbocycles. The third-order valence-electron chi connectivity index (χ3n) is 1.56. The Bertz CT molecular complexity index is 314. The van der Waals surface area contributed by atoms with E-state index in [0.29, 0.717) is 0 Å². The fraction of sp³-hybridized carbons (Fsp3) is 0.571. The van der Waals surface area contributed by atoms with E-state index in [-0.39, 0.29) is 25.2 Å². The zero-order valence-electron chi connectivity index (χ0n) is 7.23. The maximum absolute atomic E-state index is 11.8. The summed E-state index contributed by atoms with van der Waals surface area (Å²) < 4.78 is 24.9. The zero-order chi connectivity index (χ0) is 10.6. The van der Waals surface area contributed by atoms with E-state index < -0.39 is 12.4 Å². The summed E-state index contributed by atoms with van der Waals surface area (Å²) in [4.78, 5) is 14.0. The molecule has 0 aliphatic rings. The topological polar surface area (TPSA) is 68.0 Å². The van der Waals surface area contributed by atoms with Gasteiger partial charge in [-0.15, -0.1) is 0 Å². The van der Waals surface area contributed by atoms with Crippen molar-refractivity contribution in [2.75, 3.05) is 0 Å². The molecule has 0 amide bonds. The minimum absolute atomic E-state index is 0.0136. The summed E-state index contributed by atoms with van der Waals surface area (Å²) in [6.45, 7) is -0.0136.